The zero-order valence-electron chi connectivity index (χ0n) is 26.9. The van der Waals surface area contributed by atoms with E-state index in [1.165, 1.54) is 0 Å². The Labute approximate surface area is 269 Å². The van der Waals surface area contributed by atoms with Gasteiger partial charge in [0.25, 0.3) is 0 Å². The van der Waals surface area contributed by atoms with Gasteiger partial charge in [-0.05, 0) is 87.4 Å². The lowest BCUT2D eigenvalue weighted by atomic mass is 9.89. The van der Waals surface area contributed by atoms with Gasteiger partial charge in [-0.25, -0.2) is 13.8 Å². The highest BCUT2D eigenvalue weighted by atomic mass is 127. The van der Waals surface area contributed by atoms with E-state index in [4.69, 9.17) is 23.9 Å². The van der Waals surface area contributed by atoms with Crippen LogP contribution in [0.4, 0.5) is 0 Å². The molecule has 232 valence electrons. The zero-order chi connectivity index (χ0) is 31.5. The Balaban J connectivity index is 0.00000207. The number of halogens is 1. The lowest BCUT2D eigenvalue weighted by Crippen LogP contribution is -2.41. The molecule has 43 heavy (non-hydrogen) atoms. The molecule has 0 aliphatic carbocycles. The fourth-order valence-corrected chi connectivity index (χ4v) is 6.30. The molecular formula is C30H43BIN6O4P. The number of benzene rings is 1. The number of hydrogen-bond acceptors (Lipinski definition) is 7. The van der Waals surface area contributed by atoms with Crippen LogP contribution in [0.2, 0.25) is 0 Å². The van der Waals surface area contributed by atoms with Gasteiger partial charge in [0.15, 0.2) is 0 Å². The molecule has 4 aromatic rings. The maximum absolute atomic E-state index is 6.22. The average Bonchev–Trinajstić information content (AvgIpc) is 3.65. The topological polar surface area (TPSA) is 90.4 Å². The Morgan fingerprint density at radius 2 is 1.63 bits per heavy atom. The van der Waals surface area contributed by atoms with Crippen molar-refractivity contribution in [3.63, 3.8) is 0 Å². The Morgan fingerprint density at radius 1 is 0.977 bits per heavy atom. The van der Waals surface area contributed by atoms with Gasteiger partial charge in [-0.2, -0.15) is 15.3 Å². The minimum atomic E-state index is -0.432. The van der Waals surface area contributed by atoms with E-state index in [-0.39, 0.29) is 11.2 Å². The van der Waals surface area contributed by atoms with Crippen LogP contribution in [-0.4, -0.2) is 60.6 Å². The molecule has 10 nitrogen and oxygen atoms in total. The van der Waals surface area contributed by atoms with Crippen LogP contribution in [0, 0.1) is 13.8 Å². The molecule has 0 radical (unpaired) electrons. The first-order valence-corrected chi connectivity index (χ1v) is 18.7. The predicted molar refractivity (Wildman–Crippen MR) is 184 cm³/mol. The van der Waals surface area contributed by atoms with E-state index in [2.05, 4.69) is 78.1 Å². The molecule has 0 saturated carbocycles. The summed E-state index contributed by atoms with van der Waals surface area (Å²) in [6.07, 6.45) is 5.04. The first-order valence-electron chi connectivity index (χ1n) is 14.6. The van der Waals surface area contributed by atoms with Gasteiger partial charge in [-0.3, -0.25) is 0 Å². The minimum absolute atomic E-state index is 0.389. The van der Waals surface area contributed by atoms with Crippen molar-refractivity contribution < 1.29 is 18.8 Å². The second-order valence-electron chi connectivity index (χ2n) is 11.3. The van der Waals surface area contributed by atoms with Crippen molar-refractivity contribution in [2.45, 2.75) is 73.0 Å². The van der Waals surface area contributed by atoms with Gasteiger partial charge in [0.2, 0.25) is 11.8 Å². The monoisotopic (exact) mass is 720 g/mol. The van der Waals surface area contributed by atoms with Crippen molar-refractivity contribution in [2.24, 2.45) is 14.1 Å². The Bertz CT molecular complexity index is 1580. The van der Waals surface area contributed by atoms with Crippen molar-refractivity contribution in [3.8, 4) is 22.9 Å². The molecule has 0 amide bonds. The number of rotatable bonds is 10. The molecular weight excluding hydrogens is 677 g/mol. The van der Waals surface area contributed by atoms with Gasteiger partial charge in [0.05, 0.1) is 59.5 Å². The smallest absolute Gasteiger partial charge is 0.478 e. The average molecular weight is 720 g/mol. The second-order valence-corrected chi connectivity index (χ2v) is 13.3. The summed E-state index contributed by atoms with van der Waals surface area (Å²) >= 11 is 2.36. The summed E-state index contributed by atoms with van der Waals surface area (Å²) < 4.78 is 30.1. The Morgan fingerprint density at radius 3 is 2.23 bits per heavy atom. The Hall–Kier alpha value is -2.41. The first-order chi connectivity index (χ1) is 20.4. The van der Waals surface area contributed by atoms with Gasteiger partial charge in [0.1, 0.15) is 0 Å². The summed E-state index contributed by atoms with van der Waals surface area (Å²) in [6, 6.07) is 6.36. The van der Waals surface area contributed by atoms with Gasteiger partial charge < -0.3 is 18.8 Å². The molecule has 1 fully saturated rings. The molecule has 1 aromatic carbocycles. The number of hydrogen-bond donors (Lipinski definition) is 0. The standard InChI is InChI=1S/C28H37BIN6O4P.C2H6/c1-18-19(2)32-35(8)25(18)37-14-9-15-38-26-22(17-31-34(26)7)20-10-11-24-21(16-20)23(33-36(24)41-30)12-13-29-39-27(3,4)28(5,6)40-29;1-2/h10-13,16-17,41H,9,14-15H2,1-8H3;1-2H3/b13-12+;. The highest BCUT2D eigenvalue weighted by Gasteiger charge is 2.50. The van der Waals surface area contributed by atoms with Crippen molar-refractivity contribution in [3.05, 3.63) is 47.3 Å². The summed E-state index contributed by atoms with van der Waals surface area (Å²) in [7, 11) is 3.36. The Kier molecular flexibility index (Phi) is 10.7. The van der Waals surface area contributed by atoms with Crippen molar-refractivity contribution in [1.29, 1.82) is 0 Å². The molecule has 0 N–H and O–H groups in total. The van der Waals surface area contributed by atoms with Gasteiger partial charge in [-0.1, -0.05) is 25.9 Å². The summed E-state index contributed by atoms with van der Waals surface area (Å²) in [4.78, 5) is 0. The molecule has 5 rings (SSSR count). The van der Waals surface area contributed by atoms with Crippen LogP contribution in [0.1, 0.15) is 64.9 Å². The molecule has 1 aliphatic rings. The van der Waals surface area contributed by atoms with Gasteiger partial charge in [0, 0.05) is 31.5 Å². The van der Waals surface area contributed by atoms with Crippen molar-refractivity contribution in [1.82, 2.24) is 29.1 Å². The third-order valence-electron chi connectivity index (χ3n) is 7.89. The van der Waals surface area contributed by atoms with E-state index in [9.17, 15) is 0 Å². The molecule has 3 aromatic heterocycles. The SMILES string of the molecule is CC.Cc1nn(C)c(OCCCOc2c(-c3ccc4c(c3)c(/C=C/B3OC(C)(C)C(C)(C)O3)nn4PI)cnn2C)c1C. The first kappa shape index (κ1) is 33.5. The van der Waals surface area contributed by atoms with Gasteiger partial charge in [-0.15, -0.1) is 0 Å². The van der Waals surface area contributed by atoms with Crippen LogP contribution in [0.25, 0.3) is 28.1 Å². The second kappa shape index (κ2) is 13.7. The highest BCUT2D eigenvalue weighted by molar-refractivity contribution is 14.2. The van der Waals surface area contributed by atoms with Crippen molar-refractivity contribution >= 4 is 52.5 Å². The largest absolute Gasteiger partial charge is 0.487 e. The van der Waals surface area contributed by atoms with E-state index in [0.717, 1.165) is 57.2 Å². The van der Waals surface area contributed by atoms with Crippen LogP contribution < -0.4 is 9.47 Å². The third kappa shape index (κ3) is 6.97. The molecule has 4 heterocycles. The summed E-state index contributed by atoms with van der Waals surface area (Å²) in [5, 5.41) is 14.8. The number of nitrogens with zero attached hydrogens (tertiary/aromatic N) is 6. The maximum atomic E-state index is 6.22. The summed E-state index contributed by atoms with van der Waals surface area (Å²) in [5.74, 6) is 3.46. The molecule has 1 atom stereocenters. The lowest BCUT2D eigenvalue weighted by Gasteiger charge is -2.32. The van der Waals surface area contributed by atoms with Crippen LogP contribution in [0.3, 0.4) is 0 Å². The van der Waals surface area contributed by atoms with E-state index < -0.39 is 7.12 Å². The molecule has 13 heteroatoms. The van der Waals surface area contributed by atoms with Crippen LogP contribution >= 0.6 is 28.4 Å². The van der Waals surface area contributed by atoms with Crippen LogP contribution in [-0.2, 0) is 23.4 Å². The third-order valence-corrected chi connectivity index (χ3v) is 9.76. The van der Waals surface area contributed by atoms with E-state index >= 15 is 0 Å². The number of aryl methyl sites for hydroxylation is 3. The normalized spacial score (nSPS) is 16.0. The molecule has 1 aliphatic heterocycles. The lowest BCUT2D eigenvalue weighted by molar-refractivity contribution is 0.00578. The fourth-order valence-electron chi connectivity index (χ4n) is 4.77. The molecule has 1 unspecified atom stereocenters. The van der Waals surface area contributed by atoms with Crippen molar-refractivity contribution in [2.75, 3.05) is 13.2 Å². The minimum Gasteiger partial charge on any atom is -0.478 e. The molecule has 0 bridgehead atoms. The summed E-state index contributed by atoms with van der Waals surface area (Å²) in [6.45, 7) is 17.3. The number of aromatic nitrogens is 6. The quantitative estimate of drug-likeness (QED) is 0.0748. The van der Waals surface area contributed by atoms with E-state index in [1.54, 1.807) is 9.36 Å². The predicted octanol–water partition coefficient (Wildman–Crippen LogP) is 7.10. The number of ether oxygens (including phenoxy) is 2. The number of fused-ring (bicyclic) bond motifs is 1. The zero-order valence-corrected chi connectivity index (χ0v) is 30.0. The maximum Gasteiger partial charge on any atom is 0.487 e. The highest BCUT2D eigenvalue weighted by Crippen LogP contribution is 2.38. The van der Waals surface area contributed by atoms with E-state index in [1.807, 2.05) is 64.5 Å². The molecule has 1 saturated heterocycles. The fraction of sp³-hybridized carbons (Fsp3) is 0.500. The van der Waals surface area contributed by atoms with E-state index in [0.29, 0.717) is 19.6 Å². The van der Waals surface area contributed by atoms with Crippen LogP contribution in [0.15, 0.2) is 30.4 Å². The van der Waals surface area contributed by atoms with Crippen LogP contribution in [0.5, 0.6) is 11.8 Å². The molecule has 0 spiro atoms. The summed E-state index contributed by atoms with van der Waals surface area (Å²) in [5.41, 5.74) is 5.14. The van der Waals surface area contributed by atoms with Gasteiger partial charge >= 0.3 is 7.12 Å².